The lowest BCUT2D eigenvalue weighted by molar-refractivity contribution is -0.327. The molecule has 4 saturated carbocycles. The number of fused-ring (bicyclic) bond motifs is 7. The summed E-state index contributed by atoms with van der Waals surface area (Å²) in [6.07, 6.45) is -0.181. The summed E-state index contributed by atoms with van der Waals surface area (Å²) < 4.78 is 12.1. The van der Waals surface area contributed by atoms with E-state index in [4.69, 9.17) is 9.47 Å². The van der Waals surface area contributed by atoms with Crippen LogP contribution in [0.3, 0.4) is 0 Å². The Morgan fingerprint density at radius 2 is 1.56 bits per heavy atom. The summed E-state index contributed by atoms with van der Waals surface area (Å²) >= 11 is 0. The molecule has 16 atom stereocenters. The predicted molar refractivity (Wildman–Crippen MR) is 167 cm³/mol. The maximum absolute atomic E-state index is 12.2. The highest BCUT2D eigenvalue weighted by Gasteiger charge is 2.72. The van der Waals surface area contributed by atoms with Crippen molar-refractivity contribution in [3.63, 3.8) is 0 Å². The molecule has 45 heavy (non-hydrogen) atoms. The van der Waals surface area contributed by atoms with Crippen molar-refractivity contribution in [3.05, 3.63) is 11.6 Å². The Kier molecular flexibility index (Phi) is 8.53. The molecule has 258 valence electrons. The quantitative estimate of drug-likeness (QED) is 0.178. The van der Waals surface area contributed by atoms with Crippen LogP contribution in [-0.2, 0) is 9.47 Å². The summed E-state index contributed by atoms with van der Waals surface area (Å²) in [5.41, 5.74) is -0.0998. The van der Waals surface area contributed by atoms with Gasteiger partial charge in [-0.2, -0.15) is 0 Å². The second-order valence-corrected chi connectivity index (χ2v) is 17.7. The van der Waals surface area contributed by atoms with Gasteiger partial charge in [0.2, 0.25) is 0 Å². The van der Waals surface area contributed by atoms with Crippen molar-refractivity contribution in [2.45, 2.75) is 142 Å². The first kappa shape index (κ1) is 34.3. The standard InChI is InChI=1S/C36H60O9/c1-18(2)20-14-22(40)30-35(7)11-8-19-26(34(35,6)12-13-36(20,30)17-38)21(39)15-24-32(3,4)25(9-10-33(19,24)5)45-31-29(43)28(42)27(41)23(16-37)44-31/h8,18,20-31,37-43H,9-17H2,1-7H3/t20-,21-,22+,23+,24?,25-,26?,27+,28-,29+,30?,31-,33+,34-,35+,36+/m0/s1. The number of aliphatic hydroxyl groups is 7. The second kappa shape index (κ2) is 11.2. The molecule has 6 aliphatic rings. The number of hydrogen-bond donors (Lipinski definition) is 7. The molecule has 0 aromatic heterocycles. The monoisotopic (exact) mass is 636 g/mol. The minimum absolute atomic E-state index is 0.0317. The third-order valence-electron chi connectivity index (χ3n) is 15.3. The number of aliphatic hydroxyl groups excluding tert-OH is 7. The van der Waals surface area contributed by atoms with E-state index >= 15 is 0 Å². The van der Waals surface area contributed by atoms with Crippen LogP contribution in [0.25, 0.3) is 0 Å². The van der Waals surface area contributed by atoms with Crippen LogP contribution < -0.4 is 0 Å². The number of allylic oxidation sites excluding steroid dienone is 1. The van der Waals surface area contributed by atoms with Gasteiger partial charge in [0.05, 0.1) is 24.9 Å². The van der Waals surface area contributed by atoms with Crippen molar-refractivity contribution in [3.8, 4) is 0 Å². The number of hydrogen-bond acceptors (Lipinski definition) is 9. The van der Waals surface area contributed by atoms with Crippen molar-refractivity contribution in [2.24, 2.45) is 56.7 Å². The van der Waals surface area contributed by atoms with Crippen LogP contribution in [0.15, 0.2) is 11.6 Å². The fourth-order valence-corrected chi connectivity index (χ4v) is 12.8. The lowest BCUT2D eigenvalue weighted by Gasteiger charge is -2.70. The van der Waals surface area contributed by atoms with Crippen LogP contribution >= 0.6 is 0 Å². The summed E-state index contributed by atoms with van der Waals surface area (Å²) in [6.45, 7) is 15.4. The molecule has 0 bridgehead atoms. The maximum Gasteiger partial charge on any atom is 0.186 e. The Balaban J connectivity index is 1.31. The summed E-state index contributed by atoms with van der Waals surface area (Å²) in [5, 5.41) is 75.9. The molecule has 3 unspecified atom stereocenters. The summed E-state index contributed by atoms with van der Waals surface area (Å²) in [7, 11) is 0. The van der Waals surface area contributed by atoms with E-state index in [1.807, 2.05) is 0 Å². The third-order valence-corrected chi connectivity index (χ3v) is 15.3. The highest BCUT2D eigenvalue weighted by Crippen LogP contribution is 2.76. The smallest absolute Gasteiger partial charge is 0.186 e. The second-order valence-electron chi connectivity index (χ2n) is 17.7. The van der Waals surface area contributed by atoms with Gasteiger partial charge in [-0.05, 0) is 90.3 Å². The zero-order valence-electron chi connectivity index (χ0n) is 28.4. The van der Waals surface area contributed by atoms with Gasteiger partial charge in [0.15, 0.2) is 6.29 Å². The zero-order valence-corrected chi connectivity index (χ0v) is 28.4. The summed E-state index contributed by atoms with van der Waals surface area (Å²) in [6, 6.07) is 0. The maximum atomic E-state index is 12.2. The van der Waals surface area contributed by atoms with Gasteiger partial charge in [0, 0.05) is 17.9 Å². The van der Waals surface area contributed by atoms with E-state index in [1.54, 1.807) is 0 Å². The molecule has 1 heterocycles. The molecular formula is C36H60O9. The van der Waals surface area contributed by atoms with E-state index in [9.17, 15) is 35.7 Å². The van der Waals surface area contributed by atoms with Gasteiger partial charge in [-0.15, -0.1) is 0 Å². The normalized spacial score (nSPS) is 55.8. The molecule has 5 fully saturated rings. The highest BCUT2D eigenvalue weighted by molar-refractivity contribution is 5.35. The number of rotatable bonds is 5. The minimum atomic E-state index is -1.49. The van der Waals surface area contributed by atoms with Crippen LogP contribution in [-0.4, -0.2) is 98.0 Å². The fraction of sp³-hybridized carbons (Fsp3) is 0.944. The molecule has 0 spiro atoms. The largest absolute Gasteiger partial charge is 0.396 e. The zero-order chi connectivity index (χ0) is 33.1. The molecular weight excluding hydrogens is 576 g/mol. The van der Waals surface area contributed by atoms with Crippen LogP contribution in [0.4, 0.5) is 0 Å². The van der Waals surface area contributed by atoms with E-state index in [0.29, 0.717) is 18.8 Å². The molecule has 5 aliphatic carbocycles. The molecule has 9 nitrogen and oxygen atoms in total. The van der Waals surface area contributed by atoms with E-state index in [1.165, 1.54) is 5.57 Å². The molecule has 1 aliphatic heterocycles. The molecule has 0 aromatic rings. The topological polar surface area (TPSA) is 160 Å². The van der Waals surface area contributed by atoms with E-state index in [-0.39, 0.29) is 58.0 Å². The Bertz CT molecular complexity index is 1160. The predicted octanol–water partition coefficient (Wildman–Crippen LogP) is 2.76. The molecule has 7 N–H and O–H groups in total. The van der Waals surface area contributed by atoms with Crippen molar-refractivity contribution in [1.82, 2.24) is 0 Å². The van der Waals surface area contributed by atoms with Crippen molar-refractivity contribution >= 4 is 0 Å². The summed E-state index contributed by atoms with van der Waals surface area (Å²) in [5.74, 6) is 0.643. The van der Waals surface area contributed by atoms with E-state index in [0.717, 1.165) is 32.1 Å². The average molecular weight is 637 g/mol. The Morgan fingerprint density at radius 1 is 0.867 bits per heavy atom. The Morgan fingerprint density at radius 3 is 2.18 bits per heavy atom. The fourth-order valence-electron chi connectivity index (χ4n) is 12.8. The molecule has 0 aromatic carbocycles. The third kappa shape index (κ3) is 4.51. The number of ether oxygens (including phenoxy) is 2. The molecule has 6 rings (SSSR count). The SMILES string of the molecule is CC(C)[C@@H]1C[C@@H](O)C2[C@@]1(CO)CC[C@@]1(C)C3C(=CC[C@]21C)[C@@]1(C)CC[C@H](O[C@@H]2O[C@H](CO)[C@@H](O)[C@H](O)[C@H]2O)C(C)(C)C1C[C@@H]3O. The van der Waals surface area contributed by atoms with Gasteiger partial charge in [0.1, 0.15) is 24.4 Å². The van der Waals surface area contributed by atoms with Crippen LogP contribution in [0, 0.1) is 56.7 Å². The molecule has 9 heteroatoms. The van der Waals surface area contributed by atoms with Crippen LogP contribution in [0.1, 0.15) is 93.4 Å². The van der Waals surface area contributed by atoms with Gasteiger partial charge in [0.25, 0.3) is 0 Å². The van der Waals surface area contributed by atoms with Gasteiger partial charge in [-0.3, -0.25) is 0 Å². The van der Waals surface area contributed by atoms with Crippen molar-refractivity contribution in [1.29, 1.82) is 0 Å². The van der Waals surface area contributed by atoms with E-state index in [2.05, 4.69) is 54.5 Å². The highest BCUT2D eigenvalue weighted by atomic mass is 16.7. The lowest BCUT2D eigenvalue weighted by Crippen LogP contribution is -2.67. The van der Waals surface area contributed by atoms with Crippen molar-refractivity contribution < 1.29 is 45.2 Å². The molecule has 0 amide bonds. The average Bonchev–Trinajstić information content (AvgIpc) is 3.30. The van der Waals surface area contributed by atoms with Gasteiger partial charge < -0.3 is 45.2 Å². The van der Waals surface area contributed by atoms with Crippen molar-refractivity contribution in [2.75, 3.05) is 13.2 Å². The summed E-state index contributed by atoms with van der Waals surface area (Å²) in [4.78, 5) is 0. The first-order valence-electron chi connectivity index (χ1n) is 17.6. The van der Waals surface area contributed by atoms with Gasteiger partial charge in [-0.1, -0.05) is 60.1 Å². The molecule has 1 saturated heterocycles. The van der Waals surface area contributed by atoms with Gasteiger partial charge >= 0.3 is 0 Å². The first-order chi connectivity index (χ1) is 20.9. The Hall–Kier alpha value is -0.620. The van der Waals surface area contributed by atoms with E-state index < -0.39 is 54.9 Å². The first-order valence-corrected chi connectivity index (χ1v) is 17.6. The van der Waals surface area contributed by atoms with Crippen LogP contribution in [0.2, 0.25) is 0 Å². The van der Waals surface area contributed by atoms with Crippen LogP contribution in [0.5, 0.6) is 0 Å². The molecule has 0 radical (unpaired) electrons. The Labute approximate surface area is 269 Å². The minimum Gasteiger partial charge on any atom is -0.396 e. The lowest BCUT2D eigenvalue weighted by atomic mass is 9.35. The van der Waals surface area contributed by atoms with Gasteiger partial charge in [-0.25, -0.2) is 0 Å².